The van der Waals surface area contributed by atoms with Gasteiger partial charge in [0.15, 0.2) is 0 Å². The molecule has 0 rings (SSSR count). The van der Waals surface area contributed by atoms with Crippen LogP contribution in [0.3, 0.4) is 0 Å². The number of hydrogen-bond donors (Lipinski definition) is 0. The fourth-order valence-corrected chi connectivity index (χ4v) is 0.274. The number of Topliss-reactive ketones (excluding diaryl/α,β-unsaturated/α-hetero) is 1. The molecule has 0 aromatic heterocycles. The lowest BCUT2D eigenvalue weighted by molar-refractivity contribution is -0.131. The minimum Gasteiger partial charge on any atom is -0.300 e. The standard InChI is InChI=1S/C5H7FO2/c1-4(7)2-3-5(6)8/h2-3H2,1H3. The maximum atomic E-state index is 11.3. The highest BCUT2D eigenvalue weighted by molar-refractivity contribution is 5.80. The molecule has 0 unspecified atom stereocenters. The average molecular weight is 118 g/mol. The molecule has 0 N–H and O–H groups in total. The van der Waals surface area contributed by atoms with E-state index in [4.69, 9.17) is 0 Å². The first-order valence-corrected chi connectivity index (χ1v) is 2.30. The highest BCUT2D eigenvalue weighted by atomic mass is 19.1. The number of halogens is 1. The summed E-state index contributed by atoms with van der Waals surface area (Å²) in [6.45, 7) is 1.32. The van der Waals surface area contributed by atoms with Gasteiger partial charge in [0.2, 0.25) is 0 Å². The molecule has 0 saturated heterocycles. The number of rotatable bonds is 3. The van der Waals surface area contributed by atoms with E-state index in [1.165, 1.54) is 6.92 Å². The molecule has 0 atom stereocenters. The average Bonchev–Trinajstić information content (AvgIpc) is 1.61. The van der Waals surface area contributed by atoms with Crippen molar-refractivity contribution in [3.05, 3.63) is 0 Å². The Kier molecular flexibility index (Phi) is 2.99. The summed E-state index contributed by atoms with van der Waals surface area (Å²) in [6, 6.07) is -1.42. The van der Waals surface area contributed by atoms with Crippen LogP contribution in [0.2, 0.25) is 0 Å². The maximum absolute atomic E-state index is 11.3. The summed E-state index contributed by atoms with van der Waals surface area (Å²) in [5.74, 6) is -0.156. The molecule has 46 valence electrons. The number of hydrogen-bond acceptors (Lipinski definition) is 2. The topological polar surface area (TPSA) is 34.1 Å². The minimum absolute atomic E-state index is 0.0231. The summed E-state index contributed by atoms with van der Waals surface area (Å²) < 4.78 is 11.3. The molecule has 8 heavy (non-hydrogen) atoms. The molecule has 0 radical (unpaired) electrons. The van der Waals surface area contributed by atoms with Gasteiger partial charge in [-0.15, -0.1) is 0 Å². The van der Waals surface area contributed by atoms with Crippen LogP contribution in [0, 0.1) is 0 Å². The van der Waals surface area contributed by atoms with Crippen LogP contribution in [-0.4, -0.2) is 11.8 Å². The van der Waals surface area contributed by atoms with E-state index in [2.05, 4.69) is 0 Å². The Balaban J connectivity index is 3.18. The molecule has 3 heteroatoms. The second kappa shape index (κ2) is 3.29. The molecule has 2 nitrogen and oxygen atoms in total. The maximum Gasteiger partial charge on any atom is 0.301 e. The third-order valence-electron chi connectivity index (χ3n) is 0.674. The van der Waals surface area contributed by atoms with Crippen molar-refractivity contribution in [3.63, 3.8) is 0 Å². The largest absolute Gasteiger partial charge is 0.301 e. The molecule has 0 bridgehead atoms. The fourth-order valence-electron chi connectivity index (χ4n) is 0.274. The van der Waals surface area contributed by atoms with Gasteiger partial charge in [0.05, 0.1) is 0 Å². The molecule has 0 saturated carbocycles. The smallest absolute Gasteiger partial charge is 0.300 e. The first kappa shape index (κ1) is 7.27. The van der Waals surface area contributed by atoms with Crippen molar-refractivity contribution in [1.82, 2.24) is 0 Å². The molecular weight excluding hydrogens is 111 g/mol. The lowest BCUT2D eigenvalue weighted by Gasteiger charge is -1.84. The molecule has 0 aliphatic rings. The monoisotopic (exact) mass is 118 g/mol. The Bertz CT molecular complexity index is 95.0. The van der Waals surface area contributed by atoms with E-state index in [1.807, 2.05) is 0 Å². The van der Waals surface area contributed by atoms with Gasteiger partial charge < -0.3 is 4.79 Å². The van der Waals surface area contributed by atoms with Crippen LogP contribution < -0.4 is 0 Å². The van der Waals surface area contributed by atoms with Gasteiger partial charge in [-0.25, -0.2) is 0 Å². The highest BCUT2D eigenvalue weighted by Gasteiger charge is 1.98. The molecule has 0 amide bonds. The van der Waals surface area contributed by atoms with Crippen LogP contribution in [-0.2, 0) is 9.59 Å². The molecule has 0 heterocycles. The lowest BCUT2D eigenvalue weighted by atomic mass is 10.2. The number of carbonyl (C=O) groups is 2. The normalized spacial score (nSPS) is 8.75. The van der Waals surface area contributed by atoms with E-state index < -0.39 is 6.04 Å². The summed E-state index contributed by atoms with van der Waals surface area (Å²) in [5, 5.41) is 0. The van der Waals surface area contributed by atoms with Crippen molar-refractivity contribution in [2.45, 2.75) is 19.8 Å². The van der Waals surface area contributed by atoms with Crippen molar-refractivity contribution in [1.29, 1.82) is 0 Å². The van der Waals surface area contributed by atoms with Crippen molar-refractivity contribution >= 4 is 11.8 Å². The van der Waals surface area contributed by atoms with Crippen molar-refractivity contribution in [2.75, 3.05) is 0 Å². The predicted molar refractivity (Wildman–Crippen MR) is 26.0 cm³/mol. The molecule has 0 aliphatic carbocycles. The zero-order valence-corrected chi connectivity index (χ0v) is 4.61. The van der Waals surface area contributed by atoms with Gasteiger partial charge in [-0.1, -0.05) is 0 Å². The molecule has 0 aliphatic heterocycles. The Hall–Kier alpha value is -0.730. The van der Waals surface area contributed by atoms with E-state index in [0.29, 0.717) is 0 Å². The van der Waals surface area contributed by atoms with E-state index in [1.54, 1.807) is 0 Å². The molecule has 0 aromatic carbocycles. The van der Waals surface area contributed by atoms with Crippen LogP contribution >= 0.6 is 0 Å². The van der Waals surface area contributed by atoms with Gasteiger partial charge in [-0.3, -0.25) is 4.79 Å². The second-order valence-corrected chi connectivity index (χ2v) is 1.56. The fraction of sp³-hybridized carbons (Fsp3) is 0.600. The first-order chi connectivity index (χ1) is 3.63. The van der Waals surface area contributed by atoms with Crippen molar-refractivity contribution in [2.24, 2.45) is 0 Å². The first-order valence-electron chi connectivity index (χ1n) is 2.30. The number of carbonyl (C=O) groups excluding carboxylic acids is 2. The van der Waals surface area contributed by atoms with Gasteiger partial charge in [0.25, 0.3) is 0 Å². The Morgan fingerprint density at radius 2 is 1.88 bits per heavy atom. The SMILES string of the molecule is CC(=O)CCC(=O)F. The second-order valence-electron chi connectivity index (χ2n) is 1.56. The van der Waals surface area contributed by atoms with E-state index in [-0.39, 0.29) is 18.6 Å². The van der Waals surface area contributed by atoms with Crippen LogP contribution in [0.4, 0.5) is 4.39 Å². The van der Waals surface area contributed by atoms with Crippen LogP contribution in [0.5, 0.6) is 0 Å². The highest BCUT2D eigenvalue weighted by Crippen LogP contribution is 1.91. The van der Waals surface area contributed by atoms with Crippen LogP contribution in [0.25, 0.3) is 0 Å². The minimum atomic E-state index is -1.42. The van der Waals surface area contributed by atoms with Gasteiger partial charge in [0, 0.05) is 12.8 Å². The molecule has 0 fully saturated rings. The van der Waals surface area contributed by atoms with Crippen LogP contribution in [0.15, 0.2) is 0 Å². The van der Waals surface area contributed by atoms with E-state index in [0.717, 1.165) is 0 Å². The zero-order valence-electron chi connectivity index (χ0n) is 4.61. The lowest BCUT2D eigenvalue weighted by Crippen LogP contribution is -1.94. The van der Waals surface area contributed by atoms with Crippen LogP contribution in [0.1, 0.15) is 19.8 Å². The number of ketones is 1. The zero-order chi connectivity index (χ0) is 6.57. The Labute approximate surface area is 46.7 Å². The summed E-state index contributed by atoms with van der Waals surface area (Å²) in [6.07, 6.45) is -0.245. The third kappa shape index (κ3) is 5.27. The Morgan fingerprint density at radius 3 is 2.00 bits per heavy atom. The van der Waals surface area contributed by atoms with Gasteiger partial charge in [0.1, 0.15) is 5.78 Å². The predicted octanol–water partition coefficient (Wildman–Crippen LogP) is 0.852. The summed E-state index contributed by atoms with van der Waals surface area (Å²) >= 11 is 0. The van der Waals surface area contributed by atoms with Crippen molar-refractivity contribution in [3.8, 4) is 0 Å². The third-order valence-corrected chi connectivity index (χ3v) is 0.674. The summed E-state index contributed by atoms with van der Waals surface area (Å²) in [5.41, 5.74) is 0. The summed E-state index contributed by atoms with van der Waals surface area (Å²) in [4.78, 5) is 19.6. The molecule has 0 spiro atoms. The van der Waals surface area contributed by atoms with Crippen molar-refractivity contribution < 1.29 is 14.0 Å². The Morgan fingerprint density at radius 1 is 1.38 bits per heavy atom. The summed E-state index contributed by atoms with van der Waals surface area (Å²) in [7, 11) is 0. The molecule has 0 aromatic rings. The van der Waals surface area contributed by atoms with E-state index in [9.17, 15) is 14.0 Å². The van der Waals surface area contributed by atoms with Gasteiger partial charge >= 0.3 is 6.04 Å². The quantitative estimate of drug-likeness (QED) is 0.515. The van der Waals surface area contributed by atoms with Gasteiger partial charge in [-0.2, -0.15) is 4.39 Å². The molecular formula is C5H7FO2. The van der Waals surface area contributed by atoms with E-state index >= 15 is 0 Å². The van der Waals surface area contributed by atoms with Gasteiger partial charge in [-0.05, 0) is 6.92 Å².